The number of nitrogens with zero attached hydrogens (tertiary/aromatic N) is 2. The number of nitro benzene ring substituents is 1. The summed E-state index contributed by atoms with van der Waals surface area (Å²) < 4.78 is 37.5. The van der Waals surface area contributed by atoms with Gasteiger partial charge in [0.1, 0.15) is 6.61 Å². The quantitative estimate of drug-likeness (QED) is 0.363. The van der Waals surface area contributed by atoms with Crippen LogP contribution in [0.2, 0.25) is 0 Å². The minimum Gasteiger partial charge on any atom is -0.382 e. The molecule has 10 nitrogen and oxygen atoms in total. The number of methoxy groups -OCH3 is 1. The number of nitrogens with one attached hydrogen (secondary N) is 1. The number of non-ortho nitro benzene ring substituents is 1. The summed E-state index contributed by atoms with van der Waals surface area (Å²) in [4.78, 5) is 23.7. The zero-order valence-electron chi connectivity index (χ0n) is 15.0. The molecule has 1 aliphatic heterocycles. The van der Waals surface area contributed by atoms with Crippen molar-refractivity contribution in [3.05, 3.63) is 34.4 Å². The lowest BCUT2D eigenvalue weighted by Gasteiger charge is -2.32. The Morgan fingerprint density at radius 3 is 2.44 bits per heavy atom. The molecule has 27 heavy (non-hydrogen) atoms. The van der Waals surface area contributed by atoms with Crippen molar-refractivity contribution in [2.75, 3.05) is 40.0 Å². The number of carbonyl (C=O) groups is 1. The van der Waals surface area contributed by atoms with Gasteiger partial charge in [-0.3, -0.25) is 14.9 Å². The number of piperidine rings is 1. The Morgan fingerprint density at radius 2 is 1.89 bits per heavy atom. The van der Waals surface area contributed by atoms with Gasteiger partial charge in [-0.1, -0.05) is 0 Å². The fourth-order valence-electron chi connectivity index (χ4n) is 2.67. The first kappa shape index (κ1) is 21.2. The van der Waals surface area contributed by atoms with Crippen LogP contribution in [0.4, 0.5) is 5.69 Å². The van der Waals surface area contributed by atoms with Gasteiger partial charge in [0.05, 0.1) is 23.0 Å². The van der Waals surface area contributed by atoms with E-state index in [4.69, 9.17) is 9.47 Å². The minimum absolute atomic E-state index is 0.0252. The molecule has 1 aromatic rings. The molecule has 0 unspecified atom stereocenters. The van der Waals surface area contributed by atoms with E-state index in [9.17, 15) is 23.3 Å². The van der Waals surface area contributed by atoms with Crippen molar-refractivity contribution >= 4 is 21.6 Å². The molecule has 0 spiro atoms. The van der Waals surface area contributed by atoms with E-state index in [1.807, 2.05) is 0 Å². The minimum atomic E-state index is -3.78. The van der Waals surface area contributed by atoms with E-state index in [2.05, 4.69) is 4.72 Å². The molecule has 1 amide bonds. The first-order valence-corrected chi connectivity index (χ1v) is 9.93. The molecule has 1 aromatic carbocycles. The Morgan fingerprint density at radius 1 is 1.26 bits per heavy atom. The van der Waals surface area contributed by atoms with Gasteiger partial charge in [-0.15, -0.1) is 0 Å². The zero-order chi connectivity index (χ0) is 19.9. The number of hydrogen-bond donors (Lipinski definition) is 1. The molecule has 1 saturated heterocycles. The van der Waals surface area contributed by atoms with Crippen LogP contribution in [0.1, 0.15) is 12.8 Å². The SMILES string of the molecule is COCCOCC(=O)N1CCC(NS(=O)(=O)c2ccc([N+](=O)[O-])cc2)CC1. The third-order valence-corrected chi connectivity index (χ3v) is 5.72. The van der Waals surface area contributed by atoms with Crippen molar-refractivity contribution in [3.8, 4) is 0 Å². The molecule has 1 N–H and O–H groups in total. The maximum Gasteiger partial charge on any atom is 0.269 e. The maximum atomic E-state index is 12.4. The zero-order valence-corrected chi connectivity index (χ0v) is 15.8. The van der Waals surface area contributed by atoms with Gasteiger partial charge in [0.2, 0.25) is 15.9 Å². The summed E-state index contributed by atoms with van der Waals surface area (Å²) in [5, 5.41) is 10.7. The molecule has 11 heteroatoms. The van der Waals surface area contributed by atoms with Crippen LogP contribution in [0.5, 0.6) is 0 Å². The first-order chi connectivity index (χ1) is 12.8. The molecular weight excluding hydrogens is 378 g/mol. The van der Waals surface area contributed by atoms with Crippen molar-refractivity contribution in [2.24, 2.45) is 0 Å². The van der Waals surface area contributed by atoms with Gasteiger partial charge >= 0.3 is 0 Å². The summed E-state index contributed by atoms with van der Waals surface area (Å²) in [6, 6.07) is 4.41. The van der Waals surface area contributed by atoms with E-state index >= 15 is 0 Å². The second-order valence-corrected chi connectivity index (χ2v) is 7.79. The van der Waals surface area contributed by atoms with Gasteiger partial charge in [-0.25, -0.2) is 13.1 Å². The average Bonchev–Trinajstić information content (AvgIpc) is 2.65. The maximum absolute atomic E-state index is 12.4. The monoisotopic (exact) mass is 401 g/mol. The number of rotatable bonds is 9. The Hall–Kier alpha value is -2.08. The Bertz CT molecular complexity index is 744. The standard InChI is InChI=1S/C16H23N3O7S/c1-25-10-11-26-12-16(20)18-8-6-13(7-9-18)17-27(23,24)15-4-2-14(3-5-15)19(21)22/h2-5,13,17H,6-12H2,1H3. The predicted molar refractivity (Wildman–Crippen MR) is 95.7 cm³/mol. The van der Waals surface area contributed by atoms with Crippen molar-refractivity contribution in [1.82, 2.24) is 9.62 Å². The van der Waals surface area contributed by atoms with Crippen LogP contribution in [0.3, 0.4) is 0 Å². The number of hydrogen-bond acceptors (Lipinski definition) is 7. The lowest BCUT2D eigenvalue weighted by atomic mass is 10.1. The number of carbonyl (C=O) groups excluding carboxylic acids is 1. The molecule has 0 radical (unpaired) electrons. The van der Waals surface area contributed by atoms with E-state index in [1.54, 1.807) is 12.0 Å². The number of amides is 1. The van der Waals surface area contributed by atoms with Crippen LogP contribution in [0.25, 0.3) is 0 Å². The highest BCUT2D eigenvalue weighted by molar-refractivity contribution is 7.89. The molecule has 0 bridgehead atoms. The first-order valence-electron chi connectivity index (χ1n) is 8.44. The number of benzene rings is 1. The molecule has 0 aromatic heterocycles. The number of nitro groups is 1. The summed E-state index contributed by atoms with van der Waals surface area (Å²) in [5.41, 5.74) is -0.173. The predicted octanol–water partition coefficient (Wildman–Crippen LogP) is 0.527. The summed E-state index contributed by atoms with van der Waals surface area (Å²) in [6.07, 6.45) is 0.964. The fourth-order valence-corrected chi connectivity index (χ4v) is 3.98. The van der Waals surface area contributed by atoms with Crippen molar-refractivity contribution in [3.63, 3.8) is 0 Å². The van der Waals surface area contributed by atoms with E-state index < -0.39 is 14.9 Å². The normalized spacial score (nSPS) is 15.7. The van der Waals surface area contributed by atoms with Gasteiger partial charge in [-0.2, -0.15) is 0 Å². The average molecular weight is 401 g/mol. The largest absolute Gasteiger partial charge is 0.382 e. The molecule has 1 heterocycles. The Labute approximate surface area is 157 Å². The highest BCUT2D eigenvalue weighted by Crippen LogP contribution is 2.18. The molecule has 1 fully saturated rings. The summed E-state index contributed by atoms with van der Waals surface area (Å²) in [6.45, 7) is 1.59. The molecule has 1 aliphatic rings. The molecule has 0 aliphatic carbocycles. The highest BCUT2D eigenvalue weighted by atomic mass is 32.2. The number of ether oxygens (including phenoxy) is 2. The number of likely N-dealkylation sites (tertiary alicyclic amines) is 1. The van der Waals surface area contributed by atoms with Gasteiger partial charge in [0.25, 0.3) is 5.69 Å². The van der Waals surface area contributed by atoms with E-state index in [1.165, 1.54) is 12.1 Å². The van der Waals surface area contributed by atoms with E-state index in [0.717, 1.165) is 12.1 Å². The van der Waals surface area contributed by atoms with E-state index in [0.29, 0.717) is 39.1 Å². The van der Waals surface area contributed by atoms with Gasteiger partial charge in [-0.05, 0) is 25.0 Å². The summed E-state index contributed by atoms with van der Waals surface area (Å²) >= 11 is 0. The third kappa shape index (κ3) is 6.24. The molecular formula is C16H23N3O7S. The Kier molecular flexibility index (Phi) is 7.66. The second-order valence-electron chi connectivity index (χ2n) is 6.07. The molecule has 0 saturated carbocycles. The lowest BCUT2D eigenvalue weighted by molar-refractivity contribution is -0.384. The topological polar surface area (TPSA) is 128 Å². The van der Waals surface area contributed by atoms with Gasteiger partial charge < -0.3 is 14.4 Å². The van der Waals surface area contributed by atoms with Crippen LogP contribution in [-0.2, 0) is 24.3 Å². The Balaban J connectivity index is 1.83. The lowest BCUT2D eigenvalue weighted by Crippen LogP contribution is -2.47. The van der Waals surface area contributed by atoms with Crippen molar-refractivity contribution < 1.29 is 27.6 Å². The van der Waals surface area contributed by atoms with Crippen LogP contribution in [-0.4, -0.2) is 70.2 Å². The highest BCUT2D eigenvalue weighted by Gasteiger charge is 2.27. The second kappa shape index (κ2) is 9.74. The number of sulfonamides is 1. The van der Waals surface area contributed by atoms with Gasteiger partial charge in [0, 0.05) is 38.4 Å². The van der Waals surface area contributed by atoms with Crippen molar-refractivity contribution in [2.45, 2.75) is 23.8 Å². The molecule has 150 valence electrons. The van der Waals surface area contributed by atoms with Crippen LogP contribution < -0.4 is 4.72 Å². The summed E-state index contributed by atoms with van der Waals surface area (Å²) in [5.74, 6) is -0.136. The van der Waals surface area contributed by atoms with E-state index in [-0.39, 0.29) is 29.1 Å². The van der Waals surface area contributed by atoms with Gasteiger partial charge in [0.15, 0.2) is 0 Å². The smallest absolute Gasteiger partial charge is 0.269 e. The van der Waals surface area contributed by atoms with Crippen LogP contribution in [0.15, 0.2) is 29.2 Å². The third-order valence-electron chi connectivity index (χ3n) is 4.18. The molecule has 0 atom stereocenters. The van der Waals surface area contributed by atoms with Crippen LogP contribution in [0, 0.1) is 10.1 Å². The summed E-state index contributed by atoms with van der Waals surface area (Å²) in [7, 11) is -2.23. The molecule has 2 rings (SSSR count). The fraction of sp³-hybridized carbons (Fsp3) is 0.562. The van der Waals surface area contributed by atoms with Crippen molar-refractivity contribution in [1.29, 1.82) is 0 Å². The van der Waals surface area contributed by atoms with Crippen LogP contribution >= 0.6 is 0 Å².